The van der Waals surface area contributed by atoms with Crippen LogP contribution in [-0.4, -0.2) is 31.4 Å². The highest BCUT2D eigenvalue weighted by molar-refractivity contribution is 4.50. The average Bonchev–Trinajstić information content (AvgIpc) is 1.69. The van der Waals surface area contributed by atoms with Crippen molar-refractivity contribution in [2.45, 2.75) is 13.0 Å². The molecular weight excluding hydrogens is 108 g/mol. The van der Waals surface area contributed by atoms with Crippen molar-refractivity contribution in [3.05, 3.63) is 0 Å². The molecule has 0 aromatic heterocycles. The van der Waals surface area contributed by atoms with E-state index in [-0.39, 0.29) is 5.48 Å². The first-order valence-corrected chi connectivity index (χ1v) is 2.59. The van der Waals surface area contributed by atoms with E-state index in [0.717, 1.165) is 19.8 Å². The van der Waals surface area contributed by atoms with Crippen LogP contribution in [-0.2, 0) is 9.47 Å². The van der Waals surface area contributed by atoms with E-state index >= 15 is 0 Å². The summed E-state index contributed by atoms with van der Waals surface area (Å²) in [7, 11) is 0. The van der Waals surface area contributed by atoms with Gasteiger partial charge in [0.05, 0.1) is 25.9 Å². The number of ether oxygens (including phenoxy) is 2. The zero-order valence-corrected chi connectivity index (χ0v) is 5.02. The zero-order chi connectivity index (χ0) is 5.11. The van der Waals surface area contributed by atoms with Crippen molar-refractivity contribution in [2.24, 2.45) is 0 Å². The highest BCUT2D eigenvalue weighted by atomic mass is 16.6. The molecule has 1 rings (SSSR count). The topological polar surface area (TPSA) is 50.0 Å². The van der Waals surface area contributed by atoms with Crippen molar-refractivity contribution in [3.8, 4) is 0 Å². The molecule has 1 aliphatic rings. The molecule has 3 nitrogen and oxygen atoms in total. The van der Waals surface area contributed by atoms with Gasteiger partial charge < -0.3 is 14.9 Å². The standard InChI is InChI=1S/C5H10O2.H2O/c1-5-4-6-2-3-7-5;/h5H,2-4H2,1H3;1H2. The van der Waals surface area contributed by atoms with Crippen LogP contribution < -0.4 is 0 Å². The predicted molar refractivity (Wildman–Crippen MR) is 29.8 cm³/mol. The van der Waals surface area contributed by atoms with Crippen molar-refractivity contribution in [1.82, 2.24) is 0 Å². The van der Waals surface area contributed by atoms with E-state index in [0.29, 0.717) is 6.10 Å². The molecule has 1 fully saturated rings. The Balaban J connectivity index is 0.000000490. The van der Waals surface area contributed by atoms with Gasteiger partial charge in [-0.2, -0.15) is 0 Å². The molecule has 0 aromatic carbocycles. The molecule has 1 saturated heterocycles. The molecule has 0 radical (unpaired) electrons. The molecule has 3 heteroatoms. The van der Waals surface area contributed by atoms with Crippen molar-refractivity contribution < 1.29 is 14.9 Å². The Kier molecular flexibility index (Phi) is 3.77. The van der Waals surface area contributed by atoms with Gasteiger partial charge in [0, 0.05) is 0 Å². The van der Waals surface area contributed by atoms with Gasteiger partial charge in [-0.25, -0.2) is 0 Å². The van der Waals surface area contributed by atoms with Crippen molar-refractivity contribution in [2.75, 3.05) is 19.8 Å². The zero-order valence-electron chi connectivity index (χ0n) is 5.02. The van der Waals surface area contributed by atoms with Crippen LogP contribution in [0.15, 0.2) is 0 Å². The van der Waals surface area contributed by atoms with Crippen LogP contribution in [0.2, 0.25) is 0 Å². The van der Waals surface area contributed by atoms with Crippen LogP contribution in [0.1, 0.15) is 6.92 Å². The molecule has 0 spiro atoms. The summed E-state index contributed by atoms with van der Waals surface area (Å²) in [6.07, 6.45) is 0.314. The van der Waals surface area contributed by atoms with E-state index in [9.17, 15) is 0 Å². The maximum Gasteiger partial charge on any atom is 0.0781 e. The lowest BCUT2D eigenvalue weighted by atomic mass is 10.4. The summed E-state index contributed by atoms with van der Waals surface area (Å²) in [5.74, 6) is 0. The van der Waals surface area contributed by atoms with Crippen LogP contribution in [0.3, 0.4) is 0 Å². The maximum atomic E-state index is 5.15. The summed E-state index contributed by atoms with van der Waals surface area (Å²) in [5, 5.41) is 0. The molecule has 0 aliphatic carbocycles. The molecule has 0 amide bonds. The Bertz CT molecular complexity index is 49.6. The summed E-state index contributed by atoms with van der Waals surface area (Å²) >= 11 is 0. The van der Waals surface area contributed by atoms with Gasteiger partial charge in [-0.1, -0.05) is 0 Å². The lowest BCUT2D eigenvalue weighted by Crippen LogP contribution is -2.25. The minimum absolute atomic E-state index is 0. The van der Waals surface area contributed by atoms with Gasteiger partial charge in [-0.3, -0.25) is 0 Å². The second-order valence-corrected chi connectivity index (χ2v) is 1.76. The highest BCUT2D eigenvalue weighted by Gasteiger charge is 2.06. The Morgan fingerprint density at radius 3 is 2.38 bits per heavy atom. The molecule has 0 aromatic rings. The molecule has 1 atom stereocenters. The van der Waals surface area contributed by atoms with Crippen molar-refractivity contribution in [1.29, 1.82) is 0 Å². The normalized spacial score (nSPS) is 28.9. The fourth-order valence-electron chi connectivity index (χ4n) is 0.606. The van der Waals surface area contributed by atoms with Crippen LogP contribution >= 0.6 is 0 Å². The van der Waals surface area contributed by atoms with Crippen LogP contribution in [0.4, 0.5) is 0 Å². The lowest BCUT2D eigenvalue weighted by molar-refractivity contribution is -0.0797. The Labute approximate surface area is 48.9 Å². The second kappa shape index (κ2) is 3.83. The van der Waals surface area contributed by atoms with Gasteiger partial charge in [0.15, 0.2) is 0 Å². The smallest absolute Gasteiger partial charge is 0.0781 e. The largest absolute Gasteiger partial charge is 0.412 e. The molecule has 1 aliphatic heterocycles. The fourth-order valence-corrected chi connectivity index (χ4v) is 0.606. The fraction of sp³-hybridized carbons (Fsp3) is 1.00. The van der Waals surface area contributed by atoms with Crippen molar-refractivity contribution >= 4 is 0 Å². The Morgan fingerprint density at radius 1 is 1.38 bits per heavy atom. The summed E-state index contributed by atoms with van der Waals surface area (Å²) in [6.45, 7) is 4.31. The lowest BCUT2D eigenvalue weighted by Gasteiger charge is -2.18. The van der Waals surface area contributed by atoms with E-state index in [2.05, 4.69) is 0 Å². The van der Waals surface area contributed by atoms with E-state index in [1.807, 2.05) is 6.92 Å². The highest BCUT2D eigenvalue weighted by Crippen LogP contribution is 1.96. The number of hydrogen-bond donors (Lipinski definition) is 0. The Morgan fingerprint density at radius 2 is 2.12 bits per heavy atom. The summed E-state index contributed by atoms with van der Waals surface area (Å²) in [6, 6.07) is 0. The third-order valence-electron chi connectivity index (χ3n) is 0.983. The third kappa shape index (κ3) is 2.26. The van der Waals surface area contributed by atoms with Crippen molar-refractivity contribution in [3.63, 3.8) is 0 Å². The van der Waals surface area contributed by atoms with E-state index in [1.165, 1.54) is 0 Å². The van der Waals surface area contributed by atoms with E-state index < -0.39 is 0 Å². The number of rotatable bonds is 0. The molecule has 1 heterocycles. The van der Waals surface area contributed by atoms with Gasteiger partial charge in [0.2, 0.25) is 0 Å². The molecule has 50 valence electrons. The first-order chi connectivity index (χ1) is 3.39. The SMILES string of the molecule is CC1COCCO1.O. The summed E-state index contributed by atoms with van der Waals surface area (Å²) in [4.78, 5) is 0. The summed E-state index contributed by atoms with van der Waals surface area (Å²) in [5.41, 5.74) is 0. The van der Waals surface area contributed by atoms with Gasteiger partial charge in [0.1, 0.15) is 0 Å². The maximum absolute atomic E-state index is 5.15. The molecule has 2 N–H and O–H groups in total. The van der Waals surface area contributed by atoms with Gasteiger partial charge in [0.25, 0.3) is 0 Å². The minimum atomic E-state index is 0. The van der Waals surface area contributed by atoms with E-state index in [1.54, 1.807) is 0 Å². The quantitative estimate of drug-likeness (QED) is 0.436. The van der Waals surface area contributed by atoms with Crippen LogP contribution in [0, 0.1) is 0 Å². The monoisotopic (exact) mass is 120 g/mol. The molecule has 0 saturated carbocycles. The third-order valence-corrected chi connectivity index (χ3v) is 0.983. The minimum Gasteiger partial charge on any atom is -0.412 e. The molecular formula is C5H12O3. The Hall–Kier alpha value is -0.120. The predicted octanol–water partition coefficient (Wildman–Crippen LogP) is -0.403. The van der Waals surface area contributed by atoms with Gasteiger partial charge in [-0.05, 0) is 6.92 Å². The van der Waals surface area contributed by atoms with Crippen LogP contribution in [0.5, 0.6) is 0 Å². The van der Waals surface area contributed by atoms with Gasteiger partial charge in [-0.15, -0.1) is 0 Å². The average molecular weight is 120 g/mol. The van der Waals surface area contributed by atoms with Crippen LogP contribution in [0.25, 0.3) is 0 Å². The first kappa shape index (κ1) is 7.88. The van der Waals surface area contributed by atoms with E-state index in [4.69, 9.17) is 9.47 Å². The molecule has 1 unspecified atom stereocenters. The second-order valence-electron chi connectivity index (χ2n) is 1.76. The summed E-state index contributed by atoms with van der Waals surface area (Å²) < 4.78 is 10.2. The molecule has 8 heavy (non-hydrogen) atoms. The van der Waals surface area contributed by atoms with Gasteiger partial charge >= 0.3 is 0 Å². The first-order valence-electron chi connectivity index (χ1n) is 2.59. The number of hydrogen-bond acceptors (Lipinski definition) is 2. The molecule has 0 bridgehead atoms.